The summed E-state index contributed by atoms with van der Waals surface area (Å²) in [6.07, 6.45) is 0.511. The molecule has 1 atom stereocenters. The van der Waals surface area contributed by atoms with Gasteiger partial charge in [0, 0.05) is 25.2 Å². The molecular weight excluding hydrogens is 266 g/mol. The minimum atomic E-state index is -1.17. The van der Waals surface area contributed by atoms with Gasteiger partial charge in [-0.2, -0.15) is 0 Å². The SMILES string of the molecule is NC(=O)C1CCN(c2cc([N+](=O)[O-])ccc2C(=O)O)C1. The summed E-state index contributed by atoms with van der Waals surface area (Å²) in [6, 6.07) is 3.56. The Morgan fingerprint density at radius 1 is 1.45 bits per heavy atom. The van der Waals surface area contributed by atoms with Gasteiger partial charge in [-0.15, -0.1) is 0 Å². The zero-order valence-corrected chi connectivity index (χ0v) is 10.5. The van der Waals surface area contributed by atoms with E-state index in [1.54, 1.807) is 4.90 Å². The molecule has 1 aromatic carbocycles. The Labute approximate surface area is 113 Å². The van der Waals surface area contributed by atoms with Crippen LogP contribution < -0.4 is 10.6 Å². The number of carboxylic acid groups (broad SMARTS) is 1. The van der Waals surface area contributed by atoms with Crippen LogP contribution >= 0.6 is 0 Å². The number of nitrogens with zero attached hydrogens (tertiary/aromatic N) is 2. The summed E-state index contributed by atoms with van der Waals surface area (Å²) in [5.74, 6) is -1.98. The predicted octanol–water partition coefficient (Wildman–Crippen LogP) is 0.605. The second kappa shape index (κ2) is 5.16. The maximum absolute atomic E-state index is 11.2. The molecule has 0 aromatic heterocycles. The van der Waals surface area contributed by atoms with Gasteiger partial charge in [0.25, 0.3) is 5.69 Å². The number of carbonyl (C=O) groups is 2. The van der Waals surface area contributed by atoms with E-state index in [0.717, 1.165) is 6.07 Å². The zero-order chi connectivity index (χ0) is 14.9. The number of nitrogens with two attached hydrogens (primary N) is 1. The second-order valence-corrected chi connectivity index (χ2v) is 4.60. The number of non-ortho nitro benzene ring substituents is 1. The molecule has 1 unspecified atom stereocenters. The van der Waals surface area contributed by atoms with Crippen LogP contribution in [0.15, 0.2) is 18.2 Å². The van der Waals surface area contributed by atoms with Gasteiger partial charge < -0.3 is 15.7 Å². The lowest BCUT2D eigenvalue weighted by Crippen LogP contribution is -2.28. The molecule has 1 aromatic rings. The quantitative estimate of drug-likeness (QED) is 0.614. The van der Waals surface area contributed by atoms with E-state index in [-0.39, 0.29) is 29.4 Å². The molecule has 1 fully saturated rings. The molecule has 0 saturated carbocycles. The lowest BCUT2D eigenvalue weighted by molar-refractivity contribution is -0.384. The van der Waals surface area contributed by atoms with E-state index in [9.17, 15) is 19.7 Å². The number of hydrogen-bond acceptors (Lipinski definition) is 5. The number of primary amides is 1. The first-order chi connectivity index (χ1) is 9.40. The number of nitro benzene ring substituents is 1. The second-order valence-electron chi connectivity index (χ2n) is 4.60. The normalized spacial score (nSPS) is 18.0. The molecule has 3 N–H and O–H groups in total. The van der Waals surface area contributed by atoms with Gasteiger partial charge in [-0.05, 0) is 12.5 Å². The summed E-state index contributed by atoms with van der Waals surface area (Å²) in [7, 11) is 0. The monoisotopic (exact) mass is 279 g/mol. The molecule has 1 aliphatic rings. The zero-order valence-electron chi connectivity index (χ0n) is 10.5. The van der Waals surface area contributed by atoms with Crippen molar-refractivity contribution in [2.45, 2.75) is 6.42 Å². The van der Waals surface area contributed by atoms with E-state index in [2.05, 4.69) is 0 Å². The van der Waals surface area contributed by atoms with Crippen molar-refractivity contribution in [2.75, 3.05) is 18.0 Å². The van der Waals surface area contributed by atoms with Crippen LogP contribution in [0.1, 0.15) is 16.8 Å². The van der Waals surface area contributed by atoms with Crippen LogP contribution in [-0.2, 0) is 4.79 Å². The van der Waals surface area contributed by atoms with Gasteiger partial charge in [0.1, 0.15) is 0 Å². The van der Waals surface area contributed by atoms with Crippen molar-refractivity contribution < 1.29 is 19.6 Å². The minimum absolute atomic E-state index is 0.0271. The predicted molar refractivity (Wildman–Crippen MR) is 69.6 cm³/mol. The van der Waals surface area contributed by atoms with Gasteiger partial charge in [-0.1, -0.05) is 0 Å². The van der Waals surface area contributed by atoms with Crippen molar-refractivity contribution in [1.29, 1.82) is 0 Å². The highest BCUT2D eigenvalue weighted by atomic mass is 16.6. The molecule has 1 saturated heterocycles. The lowest BCUT2D eigenvalue weighted by Gasteiger charge is -2.20. The summed E-state index contributed by atoms with van der Waals surface area (Å²) in [5, 5.41) is 19.9. The van der Waals surface area contributed by atoms with E-state index < -0.39 is 16.8 Å². The van der Waals surface area contributed by atoms with Crippen molar-refractivity contribution in [1.82, 2.24) is 0 Å². The Kier molecular flexibility index (Phi) is 3.55. The Bertz CT molecular complexity index is 586. The lowest BCUT2D eigenvalue weighted by atomic mass is 10.1. The van der Waals surface area contributed by atoms with Crippen LogP contribution in [0.2, 0.25) is 0 Å². The molecule has 8 nitrogen and oxygen atoms in total. The van der Waals surface area contributed by atoms with Crippen molar-refractivity contribution in [2.24, 2.45) is 11.7 Å². The van der Waals surface area contributed by atoms with Crippen LogP contribution in [0, 0.1) is 16.0 Å². The third kappa shape index (κ3) is 2.53. The van der Waals surface area contributed by atoms with Gasteiger partial charge in [-0.3, -0.25) is 14.9 Å². The Hall–Kier alpha value is -2.64. The third-order valence-corrected chi connectivity index (χ3v) is 3.35. The number of carboxylic acids is 1. The molecule has 1 heterocycles. The maximum atomic E-state index is 11.2. The molecule has 1 amide bonds. The fourth-order valence-corrected chi connectivity index (χ4v) is 2.29. The van der Waals surface area contributed by atoms with Crippen molar-refractivity contribution in [3.8, 4) is 0 Å². The Morgan fingerprint density at radius 3 is 2.65 bits per heavy atom. The number of nitro groups is 1. The average Bonchev–Trinajstić information content (AvgIpc) is 2.87. The number of rotatable bonds is 4. The van der Waals surface area contributed by atoms with E-state index >= 15 is 0 Å². The number of carbonyl (C=O) groups excluding carboxylic acids is 1. The van der Waals surface area contributed by atoms with E-state index in [0.29, 0.717) is 13.0 Å². The molecule has 2 rings (SSSR count). The van der Waals surface area contributed by atoms with Gasteiger partial charge in [0.05, 0.1) is 22.1 Å². The molecule has 8 heteroatoms. The van der Waals surface area contributed by atoms with Gasteiger partial charge in [0.15, 0.2) is 0 Å². The molecule has 106 valence electrons. The van der Waals surface area contributed by atoms with Crippen molar-refractivity contribution in [3.63, 3.8) is 0 Å². The van der Waals surface area contributed by atoms with Crippen LogP contribution in [0.4, 0.5) is 11.4 Å². The molecule has 0 bridgehead atoms. The largest absolute Gasteiger partial charge is 0.478 e. The first-order valence-corrected chi connectivity index (χ1v) is 5.96. The van der Waals surface area contributed by atoms with Crippen molar-refractivity contribution >= 4 is 23.3 Å². The third-order valence-electron chi connectivity index (χ3n) is 3.35. The summed E-state index contributed by atoms with van der Waals surface area (Å²) >= 11 is 0. The number of amides is 1. The molecule has 0 spiro atoms. The highest BCUT2D eigenvalue weighted by Gasteiger charge is 2.30. The number of aromatic carboxylic acids is 1. The molecule has 20 heavy (non-hydrogen) atoms. The van der Waals surface area contributed by atoms with Crippen molar-refractivity contribution in [3.05, 3.63) is 33.9 Å². The fourth-order valence-electron chi connectivity index (χ4n) is 2.29. The number of anilines is 1. The minimum Gasteiger partial charge on any atom is -0.478 e. The fraction of sp³-hybridized carbons (Fsp3) is 0.333. The number of hydrogen-bond donors (Lipinski definition) is 2. The summed E-state index contributed by atoms with van der Waals surface area (Å²) in [4.78, 5) is 34.2. The van der Waals surface area contributed by atoms with E-state index in [4.69, 9.17) is 10.8 Å². The highest BCUT2D eigenvalue weighted by molar-refractivity contribution is 5.95. The average molecular weight is 279 g/mol. The van der Waals surface area contributed by atoms with Crippen LogP contribution in [0.5, 0.6) is 0 Å². The van der Waals surface area contributed by atoms with Crippen LogP contribution in [0.25, 0.3) is 0 Å². The molecular formula is C12H13N3O5. The summed E-state index contributed by atoms with van der Waals surface area (Å²) in [6.45, 7) is 0.714. The van der Waals surface area contributed by atoms with Gasteiger partial charge in [0.2, 0.25) is 5.91 Å². The molecule has 0 aliphatic carbocycles. The highest BCUT2D eigenvalue weighted by Crippen LogP contribution is 2.30. The van der Waals surface area contributed by atoms with Gasteiger partial charge >= 0.3 is 5.97 Å². The van der Waals surface area contributed by atoms with Crippen LogP contribution in [0.3, 0.4) is 0 Å². The molecule has 0 radical (unpaired) electrons. The van der Waals surface area contributed by atoms with Crippen LogP contribution in [-0.4, -0.2) is 35.0 Å². The standard InChI is InChI=1S/C12H13N3O5/c13-11(16)7-3-4-14(6-7)10-5-8(15(19)20)1-2-9(10)12(17)18/h1-2,5,7H,3-4,6H2,(H2,13,16)(H,17,18). The van der Waals surface area contributed by atoms with E-state index in [1.807, 2.05) is 0 Å². The number of benzene rings is 1. The Morgan fingerprint density at radius 2 is 2.15 bits per heavy atom. The van der Waals surface area contributed by atoms with Gasteiger partial charge in [-0.25, -0.2) is 4.79 Å². The topological polar surface area (TPSA) is 127 Å². The maximum Gasteiger partial charge on any atom is 0.337 e. The first-order valence-electron chi connectivity index (χ1n) is 5.96. The summed E-state index contributed by atoms with van der Waals surface area (Å²) < 4.78 is 0. The Balaban J connectivity index is 2.38. The molecule has 1 aliphatic heterocycles. The smallest absolute Gasteiger partial charge is 0.337 e. The summed E-state index contributed by atoms with van der Waals surface area (Å²) in [5.41, 5.74) is 5.26. The van der Waals surface area contributed by atoms with E-state index in [1.165, 1.54) is 12.1 Å². The first kappa shape index (κ1) is 13.8.